The van der Waals surface area contributed by atoms with Crippen LogP contribution < -0.4 is 11.2 Å². The lowest BCUT2D eigenvalue weighted by atomic mass is 10.1. The number of furan rings is 1. The normalized spacial score (nSPS) is 11.7. The molecule has 8 nitrogen and oxygen atoms in total. The highest BCUT2D eigenvalue weighted by atomic mass is 16.3. The molecule has 4 heterocycles. The van der Waals surface area contributed by atoms with E-state index in [1.54, 1.807) is 17.7 Å². The van der Waals surface area contributed by atoms with E-state index < -0.39 is 5.69 Å². The summed E-state index contributed by atoms with van der Waals surface area (Å²) in [5.41, 5.74) is 3.87. The minimum atomic E-state index is -0.410. The van der Waals surface area contributed by atoms with Gasteiger partial charge in [-0.05, 0) is 49.2 Å². The molecule has 5 rings (SSSR count). The van der Waals surface area contributed by atoms with Crippen LogP contribution in [0.1, 0.15) is 11.1 Å². The number of imidazole rings is 2. The van der Waals surface area contributed by atoms with Crippen molar-refractivity contribution >= 4 is 16.9 Å². The van der Waals surface area contributed by atoms with Gasteiger partial charge in [0, 0.05) is 26.0 Å². The number of aryl methyl sites for hydroxylation is 3. The molecule has 0 atom stereocenters. The van der Waals surface area contributed by atoms with Gasteiger partial charge in [0.15, 0.2) is 16.9 Å². The van der Waals surface area contributed by atoms with Crippen LogP contribution in [0.15, 0.2) is 56.8 Å². The summed E-state index contributed by atoms with van der Waals surface area (Å²) in [7, 11) is 3.08. The van der Waals surface area contributed by atoms with Crippen molar-refractivity contribution < 1.29 is 4.42 Å². The summed E-state index contributed by atoms with van der Waals surface area (Å²) in [4.78, 5) is 29.9. The van der Waals surface area contributed by atoms with Gasteiger partial charge in [0.1, 0.15) is 5.69 Å². The van der Waals surface area contributed by atoms with Gasteiger partial charge < -0.3 is 4.42 Å². The first-order valence-electron chi connectivity index (χ1n) is 9.19. The van der Waals surface area contributed by atoms with Crippen molar-refractivity contribution in [3.05, 3.63) is 74.8 Å². The molecule has 0 aliphatic carbocycles. The lowest BCUT2D eigenvalue weighted by molar-refractivity contribution is 0.579. The number of benzene rings is 1. The number of hydrogen-bond donors (Lipinski definition) is 0. The zero-order valence-corrected chi connectivity index (χ0v) is 16.5. The maximum Gasteiger partial charge on any atom is 0.332 e. The highest BCUT2D eigenvalue weighted by Crippen LogP contribution is 2.29. The lowest BCUT2D eigenvalue weighted by Crippen LogP contribution is -2.37. The monoisotopic (exact) mass is 389 g/mol. The summed E-state index contributed by atoms with van der Waals surface area (Å²) in [5, 5.41) is 0. The van der Waals surface area contributed by atoms with Crippen LogP contribution in [-0.2, 0) is 14.1 Å². The lowest BCUT2D eigenvalue weighted by Gasteiger charge is -2.09. The summed E-state index contributed by atoms with van der Waals surface area (Å²) < 4.78 is 11.8. The van der Waals surface area contributed by atoms with Gasteiger partial charge >= 0.3 is 5.69 Å². The molecule has 0 spiro atoms. The molecule has 0 saturated carbocycles. The minimum Gasteiger partial charge on any atom is -0.463 e. The van der Waals surface area contributed by atoms with Crippen molar-refractivity contribution in [2.45, 2.75) is 13.8 Å². The molecular formula is C21H19N5O3. The van der Waals surface area contributed by atoms with Crippen molar-refractivity contribution in [3.63, 3.8) is 0 Å². The Labute approximate surface area is 164 Å². The van der Waals surface area contributed by atoms with Gasteiger partial charge in [-0.15, -0.1) is 0 Å². The molecule has 0 amide bonds. The molecule has 1 aromatic carbocycles. The molecule has 0 aliphatic heterocycles. The second-order valence-electron chi connectivity index (χ2n) is 7.26. The first kappa shape index (κ1) is 17.3. The van der Waals surface area contributed by atoms with Gasteiger partial charge in [-0.1, -0.05) is 6.07 Å². The Morgan fingerprint density at radius 3 is 2.48 bits per heavy atom. The number of rotatable bonds is 2. The van der Waals surface area contributed by atoms with E-state index in [0.717, 1.165) is 21.5 Å². The third-order valence-electron chi connectivity index (χ3n) is 5.49. The van der Waals surface area contributed by atoms with E-state index in [1.807, 2.05) is 42.0 Å². The molecule has 0 N–H and O–H groups in total. The van der Waals surface area contributed by atoms with E-state index in [9.17, 15) is 9.59 Å². The van der Waals surface area contributed by atoms with Gasteiger partial charge in [0.05, 0.1) is 6.26 Å². The first-order chi connectivity index (χ1) is 13.9. The average Bonchev–Trinajstić information content (AvgIpc) is 3.41. The Morgan fingerprint density at radius 2 is 1.79 bits per heavy atom. The van der Waals surface area contributed by atoms with Crippen molar-refractivity contribution in [1.82, 2.24) is 23.1 Å². The smallest absolute Gasteiger partial charge is 0.332 e. The zero-order valence-electron chi connectivity index (χ0n) is 16.5. The van der Waals surface area contributed by atoms with Crippen LogP contribution in [0, 0.1) is 13.8 Å². The molecule has 8 heteroatoms. The molecule has 5 aromatic rings. The van der Waals surface area contributed by atoms with Gasteiger partial charge in [-0.2, -0.15) is 4.98 Å². The van der Waals surface area contributed by atoms with E-state index in [2.05, 4.69) is 18.0 Å². The number of aromatic nitrogens is 5. The molecule has 29 heavy (non-hydrogen) atoms. The van der Waals surface area contributed by atoms with Crippen molar-refractivity contribution in [3.8, 4) is 17.1 Å². The fourth-order valence-corrected chi connectivity index (χ4v) is 3.69. The van der Waals surface area contributed by atoms with Crippen LogP contribution in [0.5, 0.6) is 0 Å². The van der Waals surface area contributed by atoms with Crippen molar-refractivity contribution in [2.24, 2.45) is 14.1 Å². The van der Waals surface area contributed by atoms with Crippen molar-refractivity contribution in [2.75, 3.05) is 0 Å². The van der Waals surface area contributed by atoms with Gasteiger partial charge in [-0.3, -0.25) is 22.9 Å². The topological polar surface area (TPSA) is 79.4 Å². The predicted octanol–water partition coefficient (Wildman–Crippen LogP) is 2.55. The molecule has 4 aromatic heterocycles. The van der Waals surface area contributed by atoms with E-state index in [1.165, 1.54) is 17.2 Å². The maximum absolute atomic E-state index is 12.9. The fourth-order valence-electron chi connectivity index (χ4n) is 3.69. The van der Waals surface area contributed by atoms with Gasteiger partial charge in [-0.25, -0.2) is 4.79 Å². The quantitative estimate of drug-likeness (QED) is 0.465. The standard InChI is InChI=1S/C21H19N5O3/c1-12-7-8-14(10-13(12)2)26-15(16-6-5-9-29-16)11-25-17-18(22-20(25)26)23(3)21(28)24(4)19(17)27/h5-11H,1-4H3. The highest BCUT2D eigenvalue weighted by molar-refractivity contribution is 5.78. The summed E-state index contributed by atoms with van der Waals surface area (Å²) in [5.74, 6) is 1.19. The van der Waals surface area contributed by atoms with Crippen LogP contribution in [-0.4, -0.2) is 23.1 Å². The highest BCUT2D eigenvalue weighted by Gasteiger charge is 2.22. The largest absolute Gasteiger partial charge is 0.463 e. The predicted molar refractivity (Wildman–Crippen MR) is 110 cm³/mol. The van der Waals surface area contributed by atoms with E-state index in [4.69, 9.17) is 4.42 Å². The second-order valence-corrected chi connectivity index (χ2v) is 7.26. The Kier molecular flexibility index (Phi) is 3.48. The summed E-state index contributed by atoms with van der Waals surface area (Å²) >= 11 is 0. The van der Waals surface area contributed by atoms with Crippen LogP contribution in [0.4, 0.5) is 0 Å². The molecule has 0 radical (unpaired) electrons. The molecule has 0 unspecified atom stereocenters. The Bertz CT molecular complexity index is 1530. The average molecular weight is 389 g/mol. The second kappa shape index (κ2) is 5.84. The molecule has 0 saturated heterocycles. The molecule has 146 valence electrons. The third-order valence-corrected chi connectivity index (χ3v) is 5.49. The van der Waals surface area contributed by atoms with E-state index >= 15 is 0 Å². The number of fused-ring (bicyclic) bond motifs is 3. The summed E-state index contributed by atoms with van der Waals surface area (Å²) in [6, 6.07) is 9.80. The fraction of sp³-hybridized carbons (Fsp3) is 0.190. The Balaban J connectivity index is 1.98. The van der Waals surface area contributed by atoms with E-state index in [0.29, 0.717) is 22.7 Å². The molecule has 0 aliphatic rings. The first-order valence-corrected chi connectivity index (χ1v) is 9.19. The maximum atomic E-state index is 12.9. The third kappa shape index (κ3) is 2.29. The van der Waals surface area contributed by atoms with Crippen LogP contribution >= 0.6 is 0 Å². The molecule has 0 fully saturated rings. The minimum absolute atomic E-state index is 0.344. The van der Waals surface area contributed by atoms with Gasteiger partial charge in [0.2, 0.25) is 5.78 Å². The van der Waals surface area contributed by atoms with Crippen LogP contribution in [0.3, 0.4) is 0 Å². The van der Waals surface area contributed by atoms with Crippen LogP contribution in [0.25, 0.3) is 34.1 Å². The van der Waals surface area contributed by atoms with Gasteiger partial charge in [0.25, 0.3) is 5.56 Å². The summed E-state index contributed by atoms with van der Waals surface area (Å²) in [6.45, 7) is 4.11. The molecule has 0 bridgehead atoms. The van der Waals surface area contributed by atoms with Crippen LogP contribution in [0.2, 0.25) is 0 Å². The SMILES string of the molecule is Cc1ccc(-n2c(-c3ccco3)cn3c4c(=O)n(C)c(=O)n(C)c4nc23)cc1C. The number of nitrogens with zero attached hydrogens (tertiary/aromatic N) is 5. The zero-order chi connectivity index (χ0) is 20.4. The van der Waals surface area contributed by atoms with E-state index in [-0.39, 0.29) is 5.56 Å². The number of hydrogen-bond acceptors (Lipinski definition) is 4. The van der Waals surface area contributed by atoms with Crippen molar-refractivity contribution in [1.29, 1.82) is 0 Å². The Hall–Kier alpha value is -3.81. The Morgan fingerprint density at radius 1 is 1.00 bits per heavy atom. The molecular weight excluding hydrogens is 370 g/mol. The summed E-state index contributed by atoms with van der Waals surface area (Å²) in [6.07, 6.45) is 3.43.